The fraction of sp³-hybridized carbons (Fsp3) is 1.00. The molecule has 3 heteroatoms. The van der Waals surface area contributed by atoms with Crippen LogP contribution in [0.1, 0.15) is 39.5 Å². The lowest BCUT2D eigenvalue weighted by molar-refractivity contribution is 0.0319. The first-order valence-electron chi connectivity index (χ1n) is 8.35. The molecule has 1 aliphatic heterocycles. The zero-order valence-corrected chi connectivity index (χ0v) is 12.7. The summed E-state index contributed by atoms with van der Waals surface area (Å²) < 4.78 is 0. The van der Waals surface area contributed by atoms with E-state index in [0.717, 1.165) is 17.8 Å². The quantitative estimate of drug-likeness (QED) is 0.844. The molecule has 0 aromatic carbocycles. The van der Waals surface area contributed by atoms with Crippen molar-refractivity contribution < 1.29 is 0 Å². The lowest BCUT2D eigenvalue weighted by atomic mass is 9.76. The third kappa shape index (κ3) is 3.32. The van der Waals surface area contributed by atoms with Crippen LogP contribution in [-0.2, 0) is 0 Å². The minimum absolute atomic E-state index is 0.397. The number of rotatable bonds is 3. The summed E-state index contributed by atoms with van der Waals surface area (Å²) in [5.74, 6) is 2.62. The van der Waals surface area contributed by atoms with E-state index in [1.165, 1.54) is 58.4 Å². The lowest BCUT2D eigenvalue weighted by Crippen LogP contribution is -2.59. The van der Waals surface area contributed by atoms with Crippen LogP contribution < -0.4 is 5.73 Å². The van der Waals surface area contributed by atoms with E-state index in [9.17, 15) is 0 Å². The molecule has 3 rings (SSSR count). The maximum absolute atomic E-state index is 6.46. The van der Waals surface area contributed by atoms with Gasteiger partial charge >= 0.3 is 0 Å². The normalized spacial score (nSPS) is 42.5. The fourth-order valence-corrected chi connectivity index (χ4v) is 4.44. The zero-order valence-electron chi connectivity index (χ0n) is 12.7. The molecule has 2 aliphatic carbocycles. The van der Waals surface area contributed by atoms with E-state index in [0.29, 0.717) is 12.1 Å². The first-order chi connectivity index (χ1) is 9.13. The van der Waals surface area contributed by atoms with Crippen LogP contribution in [0.25, 0.3) is 0 Å². The van der Waals surface area contributed by atoms with Crippen molar-refractivity contribution in [3.8, 4) is 0 Å². The highest BCUT2D eigenvalue weighted by atomic mass is 15.3. The van der Waals surface area contributed by atoms with Crippen molar-refractivity contribution in [3.05, 3.63) is 0 Å². The Balaban J connectivity index is 1.51. The van der Waals surface area contributed by atoms with E-state index < -0.39 is 0 Å². The molecular weight excluding hydrogens is 234 g/mol. The van der Waals surface area contributed by atoms with Crippen LogP contribution in [0.15, 0.2) is 0 Å². The number of piperazine rings is 1. The molecule has 0 radical (unpaired) electrons. The van der Waals surface area contributed by atoms with Crippen LogP contribution in [-0.4, -0.2) is 54.6 Å². The molecule has 0 aromatic heterocycles. The molecule has 4 unspecified atom stereocenters. The number of hydrogen-bond donors (Lipinski definition) is 1. The van der Waals surface area contributed by atoms with Crippen LogP contribution in [0.3, 0.4) is 0 Å². The summed E-state index contributed by atoms with van der Waals surface area (Å²) in [6, 6.07) is 1.04. The predicted molar refractivity (Wildman–Crippen MR) is 80.1 cm³/mol. The predicted octanol–water partition coefficient (Wildman–Crippen LogP) is 1.78. The third-order valence-corrected chi connectivity index (χ3v) is 5.51. The molecule has 3 nitrogen and oxygen atoms in total. The molecule has 4 atom stereocenters. The minimum Gasteiger partial charge on any atom is -0.326 e. The SMILES string of the molecule is CC1CC(C)C(N2CCN(CC3CC3)CC2)C(N)C1. The Morgan fingerprint density at radius 2 is 1.68 bits per heavy atom. The molecule has 2 saturated carbocycles. The molecule has 1 heterocycles. The van der Waals surface area contributed by atoms with E-state index in [4.69, 9.17) is 5.73 Å². The zero-order chi connectivity index (χ0) is 13.4. The maximum atomic E-state index is 6.46. The van der Waals surface area contributed by atoms with Crippen molar-refractivity contribution >= 4 is 0 Å². The molecule has 110 valence electrons. The van der Waals surface area contributed by atoms with Crippen LogP contribution in [0.5, 0.6) is 0 Å². The van der Waals surface area contributed by atoms with Crippen LogP contribution >= 0.6 is 0 Å². The Bertz CT molecular complexity index is 282. The van der Waals surface area contributed by atoms with Gasteiger partial charge in [-0.15, -0.1) is 0 Å². The van der Waals surface area contributed by atoms with Gasteiger partial charge < -0.3 is 10.6 Å². The van der Waals surface area contributed by atoms with Crippen molar-refractivity contribution in [1.82, 2.24) is 9.80 Å². The van der Waals surface area contributed by atoms with Gasteiger partial charge in [0.2, 0.25) is 0 Å². The van der Waals surface area contributed by atoms with Gasteiger partial charge in [-0.25, -0.2) is 0 Å². The largest absolute Gasteiger partial charge is 0.326 e. The maximum Gasteiger partial charge on any atom is 0.0274 e. The van der Waals surface area contributed by atoms with E-state index in [1.807, 2.05) is 0 Å². The summed E-state index contributed by atoms with van der Waals surface area (Å²) in [6.45, 7) is 11.1. The molecule has 0 amide bonds. The van der Waals surface area contributed by atoms with Gasteiger partial charge in [0.25, 0.3) is 0 Å². The summed E-state index contributed by atoms with van der Waals surface area (Å²) in [7, 11) is 0. The molecule has 1 saturated heterocycles. The highest BCUT2D eigenvalue weighted by Gasteiger charge is 2.37. The second-order valence-corrected chi connectivity index (χ2v) is 7.49. The van der Waals surface area contributed by atoms with Crippen molar-refractivity contribution in [1.29, 1.82) is 0 Å². The summed E-state index contributed by atoms with van der Waals surface area (Å²) in [4.78, 5) is 5.38. The van der Waals surface area contributed by atoms with Gasteiger partial charge in [-0.2, -0.15) is 0 Å². The van der Waals surface area contributed by atoms with Crippen molar-refractivity contribution in [3.63, 3.8) is 0 Å². The van der Waals surface area contributed by atoms with Crippen LogP contribution in [0, 0.1) is 17.8 Å². The number of hydrogen-bond acceptors (Lipinski definition) is 3. The van der Waals surface area contributed by atoms with Gasteiger partial charge in [0.05, 0.1) is 0 Å². The number of nitrogens with two attached hydrogens (primary N) is 1. The Hall–Kier alpha value is -0.120. The smallest absolute Gasteiger partial charge is 0.0274 e. The summed E-state index contributed by atoms with van der Waals surface area (Å²) in [5.41, 5.74) is 6.46. The Morgan fingerprint density at radius 1 is 1.00 bits per heavy atom. The van der Waals surface area contributed by atoms with Gasteiger partial charge in [-0.3, -0.25) is 4.90 Å². The second kappa shape index (κ2) is 5.71. The summed E-state index contributed by atoms with van der Waals surface area (Å²) in [5, 5.41) is 0. The van der Waals surface area contributed by atoms with Crippen molar-refractivity contribution in [2.24, 2.45) is 23.5 Å². The van der Waals surface area contributed by atoms with Crippen LogP contribution in [0.4, 0.5) is 0 Å². The molecule has 19 heavy (non-hydrogen) atoms. The number of nitrogens with zero attached hydrogens (tertiary/aromatic N) is 2. The van der Waals surface area contributed by atoms with Crippen LogP contribution in [0.2, 0.25) is 0 Å². The topological polar surface area (TPSA) is 32.5 Å². The monoisotopic (exact) mass is 265 g/mol. The van der Waals surface area contributed by atoms with E-state index in [-0.39, 0.29) is 0 Å². The van der Waals surface area contributed by atoms with Gasteiger partial charge in [0, 0.05) is 44.8 Å². The average Bonchev–Trinajstić information content (AvgIpc) is 3.14. The van der Waals surface area contributed by atoms with Gasteiger partial charge in [-0.1, -0.05) is 13.8 Å². The molecule has 3 aliphatic rings. The molecular formula is C16H31N3. The van der Waals surface area contributed by atoms with Gasteiger partial charge in [0.15, 0.2) is 0 Å². The van der Waals surface area contributed by atoms with Gasteiger partial charge in [-0.05, 0) is 43.4 Å². The molecule has 0 aromatic rings. The minimum atomic E-state index is 0.397. The molecule has 3 fully saturated rings. The Labute approximate surface area is 118 Å². The summed E-state index contributed by atoms with van der Waals surface area (Å²) in [6.07, 6.45) is 5.53. The van der Waals surface area contributed by atoms with Crippen molar-refractivity contribution in [2.45, 2.75) is 51.6 Å². The second-order valence-electron chi connectivity index (χ2n) is 7.49. The van der Waals surface area contributed by atoms with Crippen molar-refractivity contribution in [2.75, 3.05) is 32.7 Å². The molecule has 0 spiro atoms. The fourth-order valence-electron chi connectivity index (χ4n) is 4.44. The molecule has 2 N–H and O–H groups in total. The van der Waals surface area contributed by atoms with Gasteiger partial charge in [0.1, 0.15) is 0 Å². The summed E-state index contributed by atoms with van der Waals surface area (Å²) >= 11 is 0. The van der Waals surface area contributed by atoms with E-state index >= 15 is 0 Å². The lowest BCUT2D eigenvalue weighted by Gasteiger charge is -2.47. The Morgan fingerprint density at radius 3 is 2.26 bits per heavy atom. The highest BCUT2D eigenvalue weighted by Crippen LogP contribution is 2.33. The first-order valence-corrected chi connectivity index (χ1v) is 8.35. The van der Waals surface area contributed by atoms with E-state index in [2.05, 4.69) is 23.6 Å². The Kier molecular flexibility index (Phi) is 4.16. The standard InChI is InChI=1S/C16H31N3/c1-12-9-13(2)16(15(17)10-12)19-7-5-18(6-8-19)11-14-3-4-14/h12-16H,3-11,17H2,1-2H3. The third-order valence-electron chi connectivity index (χ3n) is 5.51. The van der Waals surface area contributed by atoms with E-state index in [1.54, 1.807) is 0 Å². The molecule has 0 bridgehead atoms. The average molecular weight is 265 g/mol. The first kappa shape index (κ1) is 13.8. The highest BCUT2D eigenvalue weighted by molar-refractivity contribution is 4.94.